The predicted molar refractivity (Wildman–Crippen MR) is 70.9 cm³/mol. The molecule has 1 aromatic carbocycles. The second-order valence-electron chi connectivity index (χ2n) is 4.01. The fourth-order valence-electron chi connectivity index (χ4n) is 1.54. The molecule has 0 saturated carbocycles. The highest BCUT2D eigenvalue weighted by Gasteiger charge is 2.09. The van der Waals surface area contributed by atoms with E-state index in [2.05, 4.69) is 0 Å². The summed E-state index contributed by atoms with van der Waals surface area (Å²) in [6.45, 7) is 6.27. The molecule has 0 aliphatic heterocycles. The third-order valence-electron chi connectivity index (χ3n) is 2.36. The van der Waals surface area contributed by atoms with E-state index in [1.165, 1.54) is 0 Å². The number of carbonyl (C=O) groups is 1. The number of allylic oxidation sites excluding steroid dienone is 1. The third kappa shape index (κ3) is 4.23. The first-order valence-corrected chi connectivity index (χ1v) is 6.06. The second kappa shape index (κ2) is 6.45. The molecule has 1 rings (SSSR count). The average molecular weight is 253 g/mol. The fourth-order valence-corrected chi connectivity index (χ4v) is 1.66. The summed E-state index contributed by atoms with van der Waals surface area (Å²) in [4.78, 5) is 11.5. The average Bonchev–Trinajstić information content (AvgIpc) is 2.27. The Hall–Kier alpha value is -1.28. The van der Waals surface area contributed by atoms with E-state index < -0.39 is 0 Å². The van der Waals surface area contributed by atoms with Crippen molar-refractivity contribution in [3.63, 3.8) is 0 Å². The molecule has 0 fully saturated rings. The molecule has 17 heavy (non-hydrogen) atoms. The van der Waals surface area contributed by atoms with Crippen LogP contribution in [0.1, 0.15) is 26.3 Å². The van der Waals surface area contributed by atoms with Gasteiger partial charge < -0.3 is 4.74 Å². The highest BCUT2D eigenvalue weighted by atomic mass is 35.5. The lowest BCUT2D eigenvalue weighted by Crippen LogP contribution is -2.03. The van der Waals surface area contributed by atoms with Crippen LogP contribution in [0.25, 0.3) is 5.57 Å². The van der Waals surface area contributed by atoms with E-state index in [0.29, 0.717) is 11.6 Å². The summed E-state index contributed by atoms with van der Waals surface area (Å²) in [6, 6.07) is 7.46. The molecule has 3 heteroatoms. The Labute approximate surface area is 107 Å². The summed E-state index contributed by atoms with van der Waals surface area (Å²) in [7, 11) is 0. The highest BCUT2D eigenvalue weighted by molar-refractivity contribution is 6.30. The molecular formula is C14H17ClO2. The SMILES string of the molecule is CCOC(=O)C=C(c1ccc(Cl)cc1)C(C)C. The molecule has 0 amide bonds. The molecule has 0 N–H and O–H groups in total. The third-order valence-corrected chi connectivity index (χ3v) is 2.61. The number of ether oxygens (including phenoxy) is 1. The molecular weight excluding hydrogens is 236 g/mol. The van der Waals surface area contributed by atoms with Gasteiger partial charge in [-0.05, 0) is 36.1 Å². The van der Waals surface area contributed by atoms with Crippen molar-refractivity contribution in [2.75, 3.05) is 6.61 Å². The Morgan fingerprint density at radius 2 is 1.94 bits per heavy atom. The maximum Gasteiger partial charge on any atom is 0.331 e. The van der Waals surface area contributed by atoms with Gasteiger partial charge >= 0.3 is 5.97 Å². The molecule has 0 radical (unpaired) electrons. The maximum absolute atomic E-state index is 11.5. The van der Waals surface area contributed by atoms with E-state index in [9.17, 15) is 4.79 Å². The first-order valence-electron chi connectivity index (χ1n) is 5.69. The van der Waals surface area contributed by atoms with Crippen molar-refractivity contribution in [2.24, 2.45) is 5.92 Å². The Bertz CT molecular complexity index is 405. The molecule has 0 aliphatic rings. The zero-order valence-corrected chi connectivity index (χ0v) is 11.1. The quantitative estimate of drug-likeness (QED) is 0.599. The maximum atomic E-state index is 11.5. The Kier molecular flexibility index (Phi) is 5.23. The van der Waals surface area contributed by atoms with E-state index in [0.717, 1.165) is 11.1 Å². The molecule has 0 heterocycles. The van der Waals surface area contributed by atoms with Crippen LogP contribution < -0.4 is 0 Å². The number of benzene rings is 1. The van der Waals surface area contributed by atoms with Crippen molar-refractivity contribution in [1.29, 1.82) is 0 Å². The van der Waals surface area contributed by atoms with Gasteiger partial charge in [0.15, 0.2) is 0 Å². The van der Waals surface area contributed by atoms with Crippen molar-refractivity contribution in [3.05, 3.63) is 40.9 Å². The Balaban J connectivity index is 3.01. The van der Waals surface area contributed by atoms with Crippen molar-refractivity contribution in [3.8, 4) is 0 Å². The summed E-state index contributed by atoms with van der Waals surface area (Å²) >= 11 is 5.84. The van der Waals surface area contributed by atoms with E-state index in [1.807, 2.05) is 38.1 Å². The highest BCUT2D eigenvalue weighted by Crippen LogP contribution is 2.24. The largest absolute Gasteiger partial charge is 0.463 e. The molecule has 92 valence electrons. The minimum Gasteiger partial charge on any atom is -0.463 e. The lowest BCUT2D eigenvalue weighted by atomic mass is 9.95. The van der Waals surface area contributed by atoms with Crippen molar-refractivity contribution < 1.29 is 9.53 Å². The van der Waals surface area contributed by atoms with Crippen LogP contribution in [0.15, 0.2) is 30.3 Å². The lowest BCUT2D eigenvalue weighted by molar-refractivity contribution is -0.137. The zero-order valence-electron chi connectivity index (χ0n) is 10.4. The summed E-state index contributed by atoms with van der Waals surface area (Å²) in [5.74, 6) is -0.0493. The van der Waals surface area contributed by atoms with Gasteiger partial charge in [0, 0.05) is 11.1 Å². The van der Waals surface area contributed by atoms with Crippen LogP contribution in [0, 0.1) is 5.92 Å². The first kappa shape index (κ1) is 13.8. The normalized spacial score (nSPS) is 11.7. The molecule has 0 saturated heterocycles. The van der Waals surface area contributed by atoms with Crippen LogP contribution in [0.4, 0.5) is 0 Å². The molecule has 0 spiro atoms. The smallest absolute Gasteiger partial charge is 0.331 e. The van der Waals surface area contributed by atoms with Crippen molar-refractivity contribution in [1.82, 2.24) is 0 Å². The van der Waals surface area contributed by atoms with Gasteiger partial charge in [-0.25, -0.2) is 4.79 Å². The molecule has 0 aliphatic carbocycles. The van der Waals surface area contributed by atoms with E-state index >= 15 is 0 Å². The molecule has 0 bridgehead atoms. The fraction of sp³-hybridized carbons (Fsp3) is 0.357. The summed E-state index contributed by atoms with van der Waals surface area (Å²) < 4.78 is 4.93. The van der Waals surface area contributed by atoms with E-state index in [-0.39, 0.29) is 11.9 Å². The van der Waals surface area contributed by atoms with Gasteiger partial charge in [0.1, 0.15) is 0 Å². The van der Waals surface area contributed by atoms with Gasteiger partial charge in [0.05, 0.1) is 6.61 Å². The van der Waals surface area contributed by atoms with Crippen molar-refractivity contribution >= 4 is 23.1 Å². The van der Waals surface area contributed by atoms with Gasteiger partial charge in [-0.2, -0.15) is 0 Å². The standard InChI is InChI=1S/C14H17ClO2/c1-4-17-14(16)9-13(10(2)3)11-5-7-12(15)8-6-11/h5-10H,4H2,1-3H3. The Morgan fingerprint density at radius 3 is 2.41 bits per heavy atom. The van der Waals surface area contributed by atoms with Crippen LogP contribution in [0.3, 0.4) is 0 Å². The van der Waals surface area contributed by atoms with Gasteiger partial charge in [0.2, 0.25) is 0 Å². The van der Waals surface area contributed by atoms with Gasteiger partial charge in [-0.1, -0.05) is 37.6 Å². The summed E-state index contributed by atoms with van der Waals surface area (Å²) in [6.07, 6.45) is 1.55. The zero-order chi connectivity index (χ0) is 12.8. The number of rotatable bonds is 4. The van der Waals surface area contributed by atoms with Crippen LogP contribution in [0.5, 0.6) is 0 Å². The van der Waals surface area contributed by atoms with E-state index in [4.69, 9.17) is 16.3 Å². The monoisotopic (exact) mass is 252 g/mol. The van der Waals surface area contributed by atoms with Crippen LogP contribution in [-0.2, 0) is 9.53 Å². The molecule has 0 unspecified atom stereocenters. The summed E-state index contributed by atoms with van der Waals surface area (Å²) in [5, 5.41) is 0.688. The van der Waals surface area contributed by atoms with Crippen LogP contribution in [0.2, 0.25) is 5.02 Å². The number of esters is 1. The molecule has 0 atom stereocenters. The topological polar surface area (TPSA) is 26.3 Å². The molecule has 1 aromatic rings. The van der Waals surface area contributed by atoms with Gasteiger partial charge in [0.25, 0.3) is 0 Å². The molecule has 0 aromatic heterocycles. The van der Waals surface area contributed by atoms with E-state index in [1.54, 1.807) is 13.0 Å². The second-order valence-corrected chi connectivity index (χ2v) is 4.45. The van der Waals surface area contributed by atoms with Gasteiger partial charge in [-0.3, -0.25) is 0 Å². The first-order chi connectivity index (χ1) is 8.04. The number of hydrogen-bond donors (Lipinski definition) is 0. The number of halogens is 1. The van der Waals surface area contributed by atoms with Crippen LogP contribution >= 0.6 is 11.6 Å². The number of hydrogen-bond acceptors (Lipinski definition) is 2. The minimum absolute atomic E-state index is 0.251. The predicted octanol–water partition coefficient (Wildman–Crippen LogP) is 3.94. The van der Waals surface area contributed by atoms with Crippen LogP contribution in [-0.4, -0.2) is 12.6 Å². The van der Waals surface area contributed by atoms with Crippen molar-refractivity contribution in [2.45, 2.75) is 20.8 Å². The van der Waals surface area contributed by atoms with Gasteiger partial charge in [-0.15, -0.1) is 0 Å². The Morgan fingerprint density at radius 1 is 1.35 bits per heavy atom. The minimum atomic E-state index is -0.300. The number of carbonyl (C=O) groups excluding carboxylic acids is 1. The lowest BCUT2D eigenvalue weighted by Gasteiger charge is -2.11. The molecule has 2 nitrogen and oxygen atoms in total. The summed E-state index contributed by atoms with van der Waals surface area (Å²) in [5.41, 5.74) is 1.96.